The van der Waals surface area contributed by atoms with Crippen LogP contribution in [0.2, 0.25) is 0 Å². The number of halogens is 4. The van der Waals surface area contributed by atoms with E-state index in [9.17, 15) is 27.2 Å². The molecule has 0 radical (unpaired) electrons. The van der Waals surface area contributed by atoms with E-state index in [2.05, 4.69) is 5.32 Å². The number of carbonyl (C=O) groups is 2. The number of alkyl halides is 3. The van der Waals surface area contributed by atoms with E-state index in [0.29, 0.717) is 11.3 Å². The smallest absolute Gasteiger partial charge is 0.350 e. The first kappa shape index (κ1) is 21.3. The van der Waals surface area contributed by atoms with Crippen LogP contribution >= 0.6 is 0 Å². The lowest BCUT2D eigenvalue weighted by atomic mass is 10.0. The number of nitrogens with zero attached hydrogens (tertiary/aromatic N) is 1. The number of rotatable bonds is 4. The van der Waals surface area contributed by atoms with Crippen molar-refractivity contribution in [3.63, 3.8) is 0 Å². The first-order chi connectivity index (χ1) is 15.2. The van der Waals surface area contributed by atoms with Crippen LogP contribution in [0.3, 0.4) is 0 Å². The Morgan fingerprint density at radius 2 is 1.44 bits per heavy atom. The number of imide groups is 1. The van der Waals surface area contributed by atoms with Crippen molar-refractivity contribution < 1.29 is 27.2 Å². The molecular weight excluding hydrogens is 424 g/mol. The summed E-state index contributed by atoms with van der Waals surface area (Å²) in [7, 11) is 0. The van der Waals surface area contributed by atoms with Crippen LogP contribution in [0.1, 0.15) is 16.7 Å². The molecule has 0 saturated heterocycles. The van der Waals surface area contributed by atoms with Gasteiger partial charge < -0.3 is 5.32 Å². The maximum Gasteiger partial charge on any atom is 0.416 e. The average Bonchev–Trinajstić information content (AvgIpc) is 2.99. The molecule has 4 rings (SSSR count). The summed E-state index contributed by atoms with van der Waals surface area (Å²) in [6, 6.07) is 15.9. The SMILES string of the molecule is Cc1ccccc1NC1=C(c2ccc(F)cc2)C(=O)N(c2ccc(C(F)(F)F)cc2)C1=O. The van der Waals surface area contributed by atoms with Crippen LogP contribution in [-0.4, -0.2) is 11.8 Å². The zero-order valence-electron chi connectivity index (χ0n) is 16.7. The van der Waals surface area contributed by atoms with Gasteiger partial charge in [-0.1, -0.05) is 30.3 Å². The summed E-state index contributed by atoms with van der Waals surface area (Å²) in [6.07, 6.45) is -4.55. The van der Waals surface area contributed by atoms with Gasteiger partial charge in [-0.2, -0.15) is 13.2 Å². The largest absolute Gasteiger partial charge is 0.416 e. The van der Waals surface area contributed by atoms with Crippen LogP contribution in [0.4, 0.5) is 28.9 Å². The molecule has 3 aromatic rings. The summed E-state index contributed by atoms with van der Waals surface area (Å²) in [4.78, 5) is 27.3. The van der Waals surface area contributed by atoms with E-state index in [4.69, 9.17) is 0 Å². The van der Waals surface area contributed by atoms with Gasteiger partial charge in [0.25, 0.3) is 11.8 Å². The van der Waals surface area contributed by atoms with E-state index in [0.717, 1.165) is 46.9 Å². The molecule has 2 amide bonds. The monoisotopic (exact) mass is 440 g/mol. The third kappa shape index (κ3) is 3.87. The minimum absolute atomic E-state index is 0.00171. The molecule has 32 heavy (non-hydrogen) atoms. The Morgan fingerprint density at radius 1 is 0.812 bits per heavy atom. The predicted molar refractivity (Wildman–Crippen MR) is 112 cm³/mol. The number of benzene rings is 3. The van der Waals surface area contributed by atoms with Crippen LogP contribution in [0.5, 0.6) is 0 Å². The summed E-state index contributed by atoms with van der Waals surface area (Å²) in [5.74, 6) is -1.96. The van der Waals surface area contributed by atoms with Gasteiger partial charge in [-0.05, 0) is 60.5 Å². The van der Waals surface area contributed by atoms with Crippen molar-refractivity contribution in [1.29, 1.82) is 0 Å². The summed E-state index contributed by atoms with van der Waals surface area (Å²) < 4.78 is 52.2. The highest BCUT2D eigenvalue weighted by molar-refractivity contribution is 6.46. The lowest BCUT2D eigenvalue weighted by Crippen LogP contribution is -2.32. The fraction of sp³-hybridized carbons (Fsp3) is 0.0833. The minimum atomic E-state index is -4.55. The van der Waals surface area contributed by atoms with Gasteiger partial charge in [0.05, 0.1) is 16.8 Å². The van der Waals surface area contributed by atoms with Gasteiger partial charge >= 0.3 is 6.18 Å². The molecule has 1 aliphatic heterocycles. The Hall–Kier alpha value is -3.94. The van der Waals surface area contributed by atoms with Gasteiger partial charge in [0, 0.05) is 5.69 Å². The number of nitrogens with one attached hydrogen (secondary N) is 1. The molecule has 0 saturated carbocycles. The maximum atomic E-state index is 13.4. The van der Waals surface area contributed by atoms with Crippen LogP contribution in [0, 0.1) is 12.7 Å². The van der Waals surface area contributed by atoms with Crippen molar-refractivity contribution >= 4 is 28.8 Å². The molecule has 1 N–H and O–H groups in total. The van der Waals surface area contributed by atoms with Gasteiger partial charge in [0.15, 0.2) is 0 Å². The highest BCUT2D eigenvalue weighted by Crippen LogP contribution is 2.36. The van der Waals surface area contributed by atoms with Gasteiger partial charge in [-0.15, -0.1) is 0 Å². The van der Waals surface area contributed by atoms with E-state index < -0.39 is 29.4 Å². The van der Waals surface area contributed by atoms with Crippen molar-refractivity contribution in [3.05, 3.63) is 101 Å². The summed E-state index contributed by atoms with van der Waals surface area (Å²) in [6.45, 7) is 1.81. The fourth-order valence-electron chi connectivity index (χ4n) is 3.41. The molecule has 4 nitrogen and oxygen atoms in total. The Morgan fingerprint density at radius 3 is 2.03 bits per heavy atom. The van der Waals surface area contributed by atoms with Crippen molar-refractivity contribution in [2.75, 3.05) is 10.2 Å². The minimum Gasteiger partial charge on any atom is -0.350 e. The molecular formula is C24H16F4N2O2. The molecule has 0 spiro atoms. The van der Waals surface area contributed by atoms with E-state index in [1.807, 2.05) is 19.1 Å². The third-order valence-electron chi connectivity index (χ3n) is 5.07. The Labute approximate surface area is 180 Å². The molecule has 0 atom stereocenters. The van der Waals surface area contributed by atoms with E-state index >= 15 is 0 Å². The molecule has 0 fully saturated rings. The topological polar surface area (TPSA) is 49.4 Å². The number of para-hydroxylation sites is 1. The van der Waals surface area contributed by atoms with Gasteiger partial charge in [0.1, 0.15) is 11.5 Å². The maximum absolute atomic E-state index is 13.4. The molecule has 0 aliphatic carbocycles. The molecule has 8 heteroatoms. The van der Waals surface area contributed by atoms with Crippen LogP contribution in [0.25, 0.3) is 5.57 Å². The first-order valence-corrected chi connectivity index (χ1v) is 9.56. The Bertz CT molecular complexity index is 1230. The number of carbonyl (C=O) groups excluding carboxylic acids is 2. The summed E-state index contributed by atoms with van der Waals surface area (Å²) in [5, 5.41) is 2.98. The predicted octanol–water partition coefficient (Wildman–Crippen LogP) is 5.55. The van der Waals surface area contributed by atoms with E-state index in [-0.39, 0.29) is 17.0 Å². The number of hydrogen-bond acceptors (Lipinski definition) is 3. The lowest BCUT2D eigenvalue weighted by Gasteiger charge is -2.16. The van der Waals surface area contributed by atoms with Gasteiger partial charge in [0.2, 0.25) is 0 Å². The molecule has 0 bridgehead atoms. The second kappa shape index (κ2) is 7.96. The zero-order chi connectivity index (χ0) is 23.0. The number of anilines is 2. The first-order valence-electron chi connectivity index (χ1n) is 9.56. The molecule has 162 valence electrons. The summed E-state index contributed by atoms with van der Waals surface area (Å²) in [5.41, 5.74) is 0.743. The van der Waals surface area contributed by atoms with Crippen molar-refractivity contribution in [2.45, 2.75) is 13.1 Å². The number of hydrogen-bond donors (Lipinski definition) is 1. The van der Waals surface area contributed by atoms with Crippen molar-refractivity contribution in [3.8, 4) is 0 Å². The molecule has 3 aromatic carbocycles. The lowest BCUT2D eigenvalue weighted by molar-refractivity contribution is -0.137. The van der Waals surface area contributed by atoms with Crippen LogP contribution < -0.4 is 10.2 Å². The van der Waals surface area contributed by atoms with Crippen LogP contribution in [0.15, 0.2) is 78.5 Å². The Kier molecular flexibility index (Phi) is 5.30. The molecule has 1 aliphatic rings. The quantitative estimate of drug-likeness (QED) is 0.428. The standard InChI is InChI=1S/C24H16F4N2O2/c1-14-4-2-3-5-19(14)29-21-20(15-6-10-17(25)11-7-15)22(31)30(23(21)32)18-12-8-16(9-13-18)24(26,27)28/h2-13,29H,1H3. The van der Waals surface area contributed by atoms with Crippen molar-refractivity contribution in [1.82, 2.24) is 0 Å². The third-order valence-corrected chi connectivity index (χ3v) is 5.07. The Balaban J connectivity index is 1.79. The second-order valence-electron chi connectivity index (χ2n) is 7.19. The number of aryl methyl sites for hydroxylation is 1. The van der Waals surface area contributed by atoms with Crippen LogP contribution in [-0.2, 0) is 15.8 Å². The van der Waals surface area contributed by atoms with Gasteiger partial charge in [-0.3, -0.25) is 9.59 Å². The number of amides is 2. The average molecular weight is 440 g/mol. The van der Waals surface area contributed by atoms with Gasteiger partial charge in [-0.25, -0.2) is 9.29 Å². The molecule has 0 unspecified atom stereocenters. The summed E-state index contributed by atoms with van der Waals surface area (Å²) >= 11 is 0. The van der Waals surface area contributed by atoms with E-state index in [1.165, 1.54) is 12.1 Å². The fourth-order valence-corrected chi connectivity index (χ4v) is 3.41. The zero-order valence-corrected chi connectivity index (χ0v) is 16.7. The molecule has 1 heterocycles. The molecule has 0 aromatic heterocycles. The van der Waals surface area contributed by atoms with Crippen molar-refractivity contribution in [2.24, 2.45) is 0 Å². The highest BCUT2D eigenvalue weighted by atomic mass is 19.4. The second-order valence-corrected chi connectivity index (χ2v) is 7.19. The highest BCUT2D eigenvalue weighted by Gasteiger charge is 2.41. The normalized spacial score (nSPS) is 14.3. The van der Waals surface area contributed by atoms with E-state index in [1.54, 1.807) is 12.1 Å².